The molecule has 1 aliphatic heterocycles. The molecule has 3 rings (SSSR count). The number of rotatable bonds is 5. The third-order valence-electron chi connectivity index (χ3n) is 4.57. The van der Waals surface area contributed by atoms with Gasteiger partial charge in [-0.05, 0) is 0 Å². The molecule has 2 aromatic carbocycles. The summed E-state index contributed by atoms with van der Waals surface area (Å²) in [5.74, 6) is -2.08. The van der Waals surface area contributed by atoms with Gasteiger partial charge in [-0.3, -0.25) is 0 Å². The van der Waals surface area contributed by atoms with E-state index in [-0.39, 0.29) is 15.2 Å². The molecule has 1 heterocycles. The van der Waals surface area contributed by atoms with Crippen LogP contribution in [-0.2, 0) is 15.8 Å². The standard InChI is InChI=1S/C20H17F4INO3/c21-11-29-13-5-3-4-12(10-13)14-8-9-25-18(27)17(14)19(28)26-16-7-2-1-6-15(16)20(22,23)24/h1-7,10,14,17H,8-9,11H2,(H,26,28)/q-1. The first-order valence-electron chi connectivity index (χ1n) is 8.70. The Bertz CT molecular complexity index is 903. The number of para-hydroxylation sites is 1. The van der Waals surface area contributed by atoms with E-state index in [1.54, 1.807) is 24.3 Å². The van der Waals surface area contributed by atoms with E-state index in [2.05, 4.69) is 5.32 Å². The van der Waals surface area contributed by atoms with Crippen LogP contribution in [0, 0.1) is 5.92 Å². The monoisotopic (exact) mass is 522 g/mol. The SMILES string of the molecule is O=C(Nc1ccccc1C(F)(F)F)C1C(=O)[I-]CCC1c1cccc(OCF)c1. The molecule has 0 radical (unpaired) electrons. The van der Waals surface area contributed by atoms with E-state index in [4.69, 9.17) is 4.74 Å². The number of halogens is 5. The third kappa shape index (κ3) is 5.06. The van der Waals surface area contributed by atoms with Crippen LogP contribution in [0.25, 0.3) is 0 Å². The number of hydrogen-bond acceptors (Lipinski definition) is 3. The maximum atomic E-state index is 13.2. The first-order valence-corrected chi connectivity index (χ1v) is 11.3. The quantitative estimate of drug-likeness (QED) is 0.212. The van der Waals surface area contributed by atoms with Crippen molar-refractivity contribution in [3.05, 3.63) is 59.7 Å². The molecule has 29 heavy (non-hydrogen) atoms. The summed E-state index contributed by atoms with van der Waals surface area (Å²) in [6.45, 7) is -1.02. The van der Waals surface area contributed by atoms with Crippen LogP contribution in [0.1, 0.15) is 23.5 Å². The van der Waals surface area contributed by atoms with Crippen molar-refractivity contribution in [1.29, 1.82) is 0 Å². The normalized spacial score (nSPS) is 19.9. The van der Waals surface area contributed by atoms with Gasteiger partial charge in [-0.25, -0.2) is 0 Å². The average Bonchev–Trinajstić information content (AvgIpc) is 2.68. The zero-order chi connectivity index (χ0) is 21.0. The van der Waals surface area contributed by atoms with Crippen LogP contribution in [0.15, 0.2) is 48.5 Å². The number of amides is 1. The van der Waals surface area contributed by atoms with E-state index in [1.165, 1.54) is 12.1 Å². The number of benzene rings is 2. The van der Waals surface area contributed by atoms with Crippen LogP contribution in [0.4, 0.5) is 23.2 Å². The summed E-state index contributed by atoms with van der Waals surface area (Å²) in [5, 5.41) is 2.30. The molecule has 0 bridgehead atoms. The number of anilines is 1. The van der Waals surface area contributed by atoms with E-state index in [0.29, 0.717) is 16.4 Å². The summed E-state index contributed by atoms with van der Waals surface area (Å²) in [4.78, 5) is 25.5. The Kier molecular flexibility index (Phi) is 6.76. The molecule has 9 heteroatoms. The molecule has 2 atom stereocenters. The molecule has 1 N–H and O–H groups in total. The number of nitrogens with one attached hydrogen (secondary N) is 1. The molecule has 0 aromatic heterocycles. The van der Waals surface area contributed by atoms with Gasteiger partial charge >= 0.3 is 175 Å². The zero-order valence-electron chi connectivity index (χ0n) is 15.0. The van der Waals surface area contributed by atoms with E-state index in [0.717, 1.165) is 12.1 Å². The van der Waals surface area contributed by atoms with Crippen molar-refractivity contribution in [2.75, 3.05) is 16.6 Å². The van der Waals surface area contributed by atoms with Gasteiger partial charge in [0, 0.05) is 0 Å². The second-order valence-electron chi connectivity index (χ2n) is 6.36. The Morgan fingerprint density at radius 2 is 1.93 bits per heavy atom. The molecular formula is C20H17F4INO3-. The van der Waals surface area contributed by atoms with Gasteiger partial charge in [0.2, 0.25) is 0 Å². The molecule has 1 fully saturated rings. The Labute approximate surface area is 174 Å². The molecule has 1 aliphatic rings. The van der Waals surface area contributed by atoms with Gasteiger partial charge in [-0.1, -0.05) is 0 Å². The predicted molar refractivity (Wildman–Crippen MR) is 93.8 cm³/mol. The van der Waals surface area contributed by atoms with Crippen LogP contribution < -0.4 is 31.3 Å². The summed E-state index contributed by atoms with van der Waals surface area (Å²) in [6.07, 6.45) is -4.08. The summed E-state index contributed by atoms with van der Waals surface area (Å²) in [5.41, 5.74) is -0.728. The van der Waals surface area contributed by atoms with E-state index in [9.17, 15) is 27.2 Å². The van der Waals surface area contributed by atoms with Crippen molar-refractivity contribution in [2.45, 2.75) is 18.5 Å². The van der Waals surface area contributed by atoms with Crippen molar-refractivity contribution in [3.63, 3.8) is 0 Å². The van der Waals surface area contributed by atoms with Crippen LogP contribution >= 0.6 is 0 Å². The molecule has 0 saturated carbocycles. The Morgan fingerprint density at radius 3 is 2.66 bits per heavy atom. The fourth-order valence-electron chi connectivity index (χ4n) is 3.27. The van der Waals surface area contributed by atoms with Gasteiger partial charge in [0.15, 0.2) is 0 Å². The van der Waals surface area contributed by atoms with Crippen LogP contribution in [-0.4, -0.2) is 21.0 Å². The van der Waals surface area contributed by atoms with E-state index < -0.39 is 57.5 Å². The van der Waals surface area contributed by atoms with Crippen molar-refractivity contribution >= 4 is 15.4 Å². The van der Waals surface area contributed by atoms with Crippen molar-refractivity contribution in [1.82, 2.24) is 0 Å². The summed E-state index contributed by atoms with van der Waals surface area (Å²) in [6, 6.07) is 11.1. The van der Waals surface area contributed by atoms with Gasteiger partial charge in [0.1, 0.15) is 0 Å². The molecule has 0 aliphatic carbocycles. The molecule has 1 saturated heterocycles. The van der Waals surface area contributed by atoms with Crippen LogP contribution in [0.3, 0.4) is 0 Å². The fraction of sp³-hybridized carbons (Fsp3) is 0.300. The molecule has 156 valence electrons. The minimum atomic E-state index is -4.63. The molecule has 2 aromatic rings. The second-order valence-corrected chi connectivity index (χ2v) is 9.26. The molecule has 2 unspecified atom stereocenters. The second kappa shape index (κ2) is 9.10. The Balaban J connectivity index is 1.89. The van der Waals surface area contributed by atoms with Crippen molar-refractivity contribution in [2.24, 2.45) is 5.92 Å². The third-order valence-corrected chi connectivity index (χ3v) is 7.16. The van der Waals surface area contributed by atoms with Gasteiger partial charge in [-0.2, -0.15) is 0 Å². The topological polar surface area (TPSA) is 55.4 Å². The average molecular weight is 522 g/mol. The predicted octanol–water partition coefficient (Wildman–Crippen LogP) is 1.37. The summed E-state index contributed by atoms with van der Waals surface area (Å²) < 4.78 is 57.4. The summed E-state index contributed by atoms with van der Waals surface area (Å²) in [7, 11) is 0. The number of ether oxygens (including phenoxy) is 1. The van der Waals surface area contributed by atoms with Crippen molar-refractivity contribution < 1.29 is 53.1 Å². The number of alkyl halides is 5. The zero-order valence-corrected chi connectivity index (χ0v) is 17.2. The first-order chi connectivity index (χ1) is 13.8. The van der Waals surface area contributed by atoms with Crippen LogP contribution in [0.5, 0.6) is 5.75 Å². The van der Waals surface area contributed by atoms with Gasteiger partial charge in [0.25, 0.3) is 0 Å². The minimum absolute atomic E-state index is 0.223. The van der Waals surface area contributed by atoms with E-state index in [1.807, 2.05) is 0 Å². The molecule has 0 spiro atoms. The van der Waals surface area contributed by atoms with Crippen molar-refractivity contribution in [3.8, 4) is 5.75 Å². The first kappa shape index (κ1) is 21.5. The van der Waals surface area contributed by atoms with Gasteiger partial charge in [-0.15, -0.1) is 0 Å². The van der Waals surface area contributed by atoms with Crippen LogP contribution in [0.2, 0.25) is 0 Å². The number of hydrogen-bond donors (Lipinski definition) is 1. The molecule has 1 amide bonds. The maximum absolute atomic E-state index is 13.2. The number of carbonyl (C=O) groups is 2. The van der Waals surface area contributed by atoms with Gasteiger partial charge < -0.3 is 0 Å². The number of carbonyl (C=O) groups excluding carboxylic acids is 2. The molecular weight excluding hydrogens is 505 g/mol. The Morgan fingerprint density at radius 1 is 1.17 bits per heavy atom. The van der Waals surface area contributed by atoms with Gasteiger partial charge in [0.05, 0.1) is 0 Å². The Hall–Kier alpha value is -2.17. The summed E-state index contributed by atoms with van der Waals surface area (Å²) >= 11 is -0.876. The fourth-order valence-corrected chi connectivity index (χ4v) is 5.97. The van der Waals surface area contributed by atoms with E-state index >= 15 is 0 Å². The molecule has 4 nitrogen and oxygen atoms in total.